The first-order chi connectivity index (χ1) is 7.11. The van der Waals surface area contributed by atoms with Gasteiger partial charge in [-0.2, -0.15) is 0 Å². The average molecular weight is 227 g/mol. The van der Waals surface area contributed by atoms with Gasteiger partial charge in [0.15, 0.2) is 17.4 Å². The summed E-state index contributed by atoms with van der Waals surface area (Å²) < 4.78 is 18.6. The zero-order valence-electron chi connectivity index (χ0n) is 7.92. The Balaban J connectivity index is 2.64. The SMILES string of the molecule is Cc1c(N)noc1-c1cccc(Cl)c1F. The Labute approximate surface area is 90.6 Å². The topological polar surface area (TPSA) is 52.0 Å². The first-order valence-corrected chi connectivity index (χ1v) is 4.65. The Bertz CT molecular complexity index is 510. The van der Waals surface area contributed by atoms with Crippen molar-refractivity contribution >= 4 is 17.4 Å². The molecule has 0 bridgehead atoms. The average Bonchev–Trinajstić information content (AvgIpc) is 2.53. The van der Waals surface area contributed by atoms with E-state index in [0.717, 1.165) is 0 Å². The summed E-state index contributed by atoms with van der Waals surface area (Å²) in [7, 11) is 0. The summed E-state index contributed by atoms with van der Waals surface area (Å²) >= 11 is 5.65. The summed E-state index contributed by atoms with van der Waals surface area (Å²) in [5.74, 6) is 0.0373. The molecule has 0 atom stereocenters. The smallest absolute Gasteiger partial charge is 0.174 e. The number of rotatable bonds is 1. The van der Waals surface area contributed by atoms with E-state index in [-0.39, 0.29) is 16.4 Å². The number of aromatic nitrogens is 1. The van der Waals surface area contributed by atoms with Crippen LogP contribution in [0.2, 0.25) is 5.02 Å². The van der Waals surface area contributed by atoms with E-state index >= 15 is 0 Å². The second-order valence-corrected chi connectivity index (χ2v) is 3.53. The van der Waals surface area contributed by atoms with E-state index in [9.17, 15) is 4.39 Å². The third kappa shape index (κ3) is 1.57. The minimum absolute atomic E-state index is 0.0434. The van der Waals surface area contributed by atoms with Crippen molar-refractivity contribution in [3.63, 3.8) is 0 Å². The monoisotopic (exact) mass is 226 g/mol. The molecule has 2 aromatic rings. The molecule has 0 aliphatic carbocycles. The van der Waals surface area contributed by atoms with Crippen molar-refractivity contribution in [1.29, 1.82) is 0 Å². The minimum Gasteiger partial charge on any atom is -0.381 e. The molecule has 0 aliphatic heterocycles. The lowest BCUT2D eigenvalue weighted by atomic mass is 10.1. The van der Waals surface area contributed by atoms with Crippen LogP contribution in [0.1, 0.15) is 5.56 Å². The number of halogens is 2. The predicted molar refractivity (Wildman–Crippen MR) is 56.1 cm³/mol. The van der Waals surface area contributed by atoms with Crippen molar-refractivity contribution in [2.45, 2.75) is 6.92 Å². The van der Waals surface area contributed by atoms with Gasteiger partial charge in [-0.25, -0.2) is 4.39 Å². The van der Waals surface area contributed by atoms with E-state index in [1.807, 2.05) is 0 Å². The van der Waals surface area contributed by atoms with Gasteiger partial charge >= 0.3 is 0 Å². The van der Waals surface area contributed by atoms with Gasteiger partial charge in [0.2, 0.25) is 0 Å². The fourth-order valence-corrected chi connectivity index (χ4v) is 1.45. The predicted octanol–water partition coefficient (Wildman–Crippen LogP) is 3.02. The summed E-state index contributed by atoms with van der Waals surface area (Å²) in [6.07, 6.45) is 0. The molecule has 15 heavy (non-hydrogen) atoms. The van der Waals surface area contributed by atoms with Crippen LogP contribution in [-0.4, -0.2) is 5.16 Å². The van der Waals surface area contributed by atoms with Gasteiger partial charge < -0.3 is 10.3 Å². The first-order valence-electron chi connectivity index (χ1n) is 4.27. The van der Waals surface area contributed by atoms with Gasteiger partial charge in [-0.15, -0.1) is 0 Å². The molecule has 0 saturated carbocycles. The van der Waals surface area contributed by atoms with Crippen LogP contribution in [0.4, 0.5) is 10.2 Å². The third-order valence-electron chi connectivity index (χ3n) is 2.16. The van der Waals surface area contributed by atoms with Crippen molar-refractivity contribution < 1.29 is 8.91 Å². The van der Waals surface area contributed by atoms with Gasteiger partial charge in [0.05, 0.1) is 10.6 Å². The molecule has 78 valence electrons. The maximum atomic E-state index is 13.6. The molecule has 0 amide bonds. The van der Waals surface area contributed by atoms with Crippen LogP contribution in [0.25, 0.3) is 11.3 Å². The summed E-state index contributed by atoms with van der Waals surface area (Å²) in [5, 5.41) is 3.60. The molecule has 0 unspecified atom stereocenters. The molecule has 0 saturated heterocycles. The van der Waals surface area contributed by atoms with Crippen molar-refractivity contribution in [2.75, 3.05) is 5.73 Å². The van der Waals surface area contributed by atoms with Crippen molar-refractivity contribution in [2.24, 2.45) is 0 Å². The standard InChI is InChI=1S/C10H8ClFN2O/c1-5-9(15-14-10(5)13)6-3-2-4-7(11)8(6)12/h2-4H,1H3,(H2,13,14). The third-order valence-corrected chi connectivity index (χ3v) is 2.45. The molecule has 2 rings (SSSR count). The van der Waals surface area contributed by atoms with Crippen LogP contribution in [0, 0.1) is 12.7 Å². The fourth-order valence-electron chi connectivity index (χ4n) is 1.28. The highest BCUT2D eigenvalue weighted by Crippen LogP contribution is 2.31. The zero-order chi connectivity index (χ0) is 11.0. The Morgan fingerprint density at radius 2 is 2.20 bits per heavy atom. The maximum absolute atomic E-state index is 13.6. The highest BCUT2D eigenvalue weighted by Gasteiger charge is 2.16. The number of benzene rings is 1. The lowest BCUT2D eigenvalue weighted by Crippen LogP contribution is -1.88. The van der Waals surface area contributed by atoms with Crippen LogP contribution < -0.4 is 5.73 Å². The van der Waals surface area contributed by atoms with E-state index in [1.165, 1.54) is 6.07 Å². The molecule has 5 heteroatoms. The van der Waals surface area contributed by atoms with Gasteiger partial charge in [0.1, 0.15) is 0 Å². The molecular weight excluding hydrogens is 219 g/mol. The van der Waals surface area contributed by atoms with E-state index in [2.05, 4.69) is 5.16 Å². The Morgan fingerprint density at radius 3 is 2.80 bits per heavy atom. The fraction of sp³-hybridized carbons (Fsp3) is 0.100. The number of nitrogens with zero attached hydrogens (tertiary/aromatic N) is 1. The number of nitrogen functional groups attached to an aromatic ring is 1. The first kappa shape index (κ1) is 9.98. The van der Waals surface area contributed by atoms with Crippen LogP contribution in [0.5, 0.6) is 0 Å². The number of hydrogen-bond donors (Lipinski definition) is 1. The highest BCUT2D eigenvalue weighted by atomic mass is 35.5. The molecule has 0 spiro atoms. The number of anilines is 1. The molecule has 1 aromatic carbocycles. The molecule has 3 nitrogen and oxygen atoms in total. The lowest BCUT2D eigenvalue weighted by Gasteiger charge is -2.00. The second kappa shape index (κ2) is 3.55. The van der Waals surface area contributed by atoms with E-state index in [0.29, 0.717) is 11.3 Å². The minimum atomic E-state index is -0.529. The summed E-state index contributed by atoms with van der Waals surface area (Å²) in [4.78, 5) is 0. The zero-order valence-corrected chi connectivity index (χ0v) is 8.68. The molecule has 0 aliphatic rings. The van der Waals surface area contributed by atoms with Gasteiger partial charge in [0, 0.05) is 5.56 Å². The van der Waals surface area contributed by atoms with Gasteiger partial charge in [-0.1, -0.05) is 22.8 Å². The molecular formula is C10H8ClFN2O. The van der Waals surface area contributed by atoms with Gasteiger partial charge in [0.25, 0.3) is 0 Å². The van der Waals surface area contributed by atoms with Gasteiger partial charge in [-0.3, -0.25) is 0 Å². The number of hydrogen-bond acceptors (Lipinski definition) is 3. The highest BCUT2D eigenvalue weighted by molar-refractivity contribution is 6.31. The molecule has 1 heterocycles. The summed E-state index contributed by atoms with van der Waals surface area (Å²) in [6, 6.07) is 4.67. The molecule has 0 fully saturated rings. The van der Waals surface area contributed by atoms with Crippen LogP contribution in [0.3, 0.4) is 0 Å². The number of nitrogens with two attached hydrogens (primary N) is 1. The van der Waals surface area contributed by atoms with Crippen LogP contribution >= 0.6 is 11.6 Å². The largest absolute Gasteiger partial charge is 0.381 e. The normalized spacial score (nSPS) is 10.6. The van der Waals surface area contributed by atoms with E-state index in [1.54, 1.807) is 19.1 Å². The second-order valence-electron chi connectivity index (χ2n) is 3.12. The molecule has 0 radical (unpaired) electrons. The Hall–Kier alpha value is -1.55. The Kier molecular flexibility index (Phi) is 2.36. The molecule has 1 aromatic heterocycles. The summed E-state index contributed by atoms with van der Waals surface area (Å²) in [5.41, 5.74) is 6.38. The van der Waals surface area contributed by atoms with Gasteiger partial charge in [-0.05, 0) is 19.1 Å². The van der Waals surface area contributed by atoms with Crippen molar-refractivity contribution in [3.8, 4) is 11.3 Å². The van der Waals surface area contributed by atoms with Crippen molar-refractivity contribution in [3.05, 3.63) is 34.6 Å². The quantitative estimate of drug-likeness (QED) is 0.813. The maximum Gasteiger partial charge on any atom is 0.174 e. The lowest BCUT2D eigenvalue weighted by molar-refractivity contribution is 0.433. The van der Waals surface area contributed by atoms with E-state index < -0.39 is 5.82 Å². The summed E-state index contributed by atoms with van der Waals surface area (Å²) in [6.45, 7) is 1.71. The van der Waals surface area contributed by atoms with E-state index in [4.69, 9.17) is 21.9 Å². The van der Waals surface area contributed by atoms with Crippen LogP contribution in [-0.2, 0) is 0 Å². The van der Waals surface area contributed by atoms with Crippen molar-refractivity contribution in [1.82, 2.24) is 5.16 Å². The molecule has 2 N–H and O–H groups in total. The Morgan fingerprint density at radius 1 is 1.47 bits per heavy atom. The van der Waals surface area contributed by atoms with Crippen LogP contribution in [0.15, 0.2) is 22.7 Å².